The Labute approximate surface area is 226 Å². The molecule has 10 heteroatoms. The zero-order valence-electron chi connectivity index (χ0n) is 21.9. The fourth-order valence-corrected chi connectivity index (χ4v) is 6.15. The molecule has 2 saturated heterocycles. The molecule has 8 N–H and O–H groups in total. The average Bonchev–Trinajstić information content (AvgIpc) is 3.73. The van der Waals surface area contributed by atoms with Crippen LogP contribution in [0.15, 0.2) is 36.4 Å². The zero-order chi connectivity index (χ0) is 28.2. The molecule has 2 unspecified atom stereocenters. The Bertz CT molecular complexity index is 1080. The Morgan fingerprint density at radius 2 is 0.974 bits per heavy atom. The van der Waals surface area contributed by atoms with Crippen molar-refractivity contribution < 1.29 is 50.3 Å². The van der Waals surface area contributed by atoms with Gasteiger partial charge in [-0.25, -0.2) is 0 Å². The third kappa shape index (κ3) is 5.15. The van der Waals surface area contributed by atoms with Crippen LogP contribution in [0.2, 0.25) is 0 Å². The maximum atomic E-state index is 10.5. The second kappa shape index (κ2) is 11.1. The van der Waals surface area contributed by atoms with Crippen LogP contribution in [-0.2, 0) is 9.47 Å². The van der Waals surface area contributed by atoms with E-state index in [1.54, 1.807) is 0 Å². The number of ether oxygens (including phenoxy) is 2. The van der Waals surface area contributed by atoms with Crippen LogP contribution in [0.1, 0.15) is 63.8 Å². The van der Waals surface area contributed by atoms with E-state index in [0.717, 1.165) is 28.7 Å². The van der Waals surface area contributed by atoms with Gasteiger partial charge in [-0.05, 0) is 65.5 Å². The first-order valence-corrected chi connectivity index (χ1v) is 13.4. The van der Waals surface area contributed by atoms with Gasteiger partial charge in [0, 0.05) is 0 Å². The normalized spacial score (nSPS) is 40.5. The fourth-order valence-electron chi connectivity index (χ4n) is 6.15. The Morgan fingerprint density at radius 1 is 0.590 bits per heavy atom. The second-order valence-electron chi connectivity index (χ2n) is 11.2. The molecule has 0 radical (unpaired) electrons. The minimum absolute atomic E-state index is 0.282. The van der Waals surface area contributed by atoms with E-state index >= 15 is 0 Å². The number of benzene rings is 2. The van der Waals surface area contributed by atoms with E-state index in [1.165, 1.54) is 0 Å². The average molecular weight is 547 g/mol. The molecule has 2 heterocycles. The number of hydrogen-bond acceptors (Lipinski definition) is 10. The second-order valence-corrected chi connectivity index (χ2v) is 11.2. The molecule has 3 fully saturated rings. The van der Waals surface area contributed by atoms with Gasteiger partial charge in [-0.1, -0.05) is 36.4 Å². The van der Waals surface area contributed by atoms with Crippen molar-refractivity contribution in [2.45, 2.75) is 93.1 Å². The smallest absolute Gasteiger partial charge is 0.113 e. The summed E-state index contributed by atoms with van der Waals surface area (Å²) in [7, 11) is 0. The van der Waals surface area contributed by atoms with Crippen molar-refractivity contribution in [2.24, 2.45) is 0 Å². The summed E-state index contributed by atoms with van der Waals surface area (Å²) in [5.41, 5.74) is 5.37. The van der Waals surface area contributed by atoms with Crippen LogP contribution in [0.5, 0.6) is 0 Å². The number of hydrogen-bond donors (Lipinski definition) is 8. The molecule has 214 valence electrons. The lowest BCUT2D eigenvalue weighted by molar-refractivity contribution is -0.231. The zero-order valence-corrected chi connectivity index (χ0v) is 21.9. The Balaban J connectivity index is 1.30. The lowest BCUT2D eigenvalue weighted by atomic mass is 9.87. The van der Waals surface area contributed by atoms with Crippen molar-refractivity contribution in [2.75, 3.05) is 13.2 Å². The van der Waals surface area contributed by atoms with Crippen molar-refractivity contribution >= 4 is 0 Å². The van der Waals surface area contributed by atoms with Crippen molar-refractivity contribution in [3.8, 4) is 0 Å². The topological polar surface area (TPSA) is 180 Å². The van der Waals surface area contributed by atoms with Crippen molar-refractivity contribution in [3.05, 3.63) is 69.8 Å². The summed E-state index contributed by atoms with van der Waals surface area (Å²) < 4.78 is 11.5. The van der Waals surface area contributed by atoms with Gasteiger partial charge in [0.1, 0.15) is 61.0 Å². The predicted molar refractivity (Wildman–Crippen MR) is 138 cm³/mol. The molecular formula is C29H38O10. The highest BCUT2D eigenvalue weighted by Crippen LogP contribution is 2.55. The third-order valence-electron chi connectivity index (χ3n) is 8.63. The van der Waals surface area contributed by atoms with Crippen molar-refractivity contribution in [3.63, 3.8) is 0 Å². The van der Waals surface area contributed by atoms with Crippen LogP contribution < -0.4 is 0 Å². The van der Waals surface area contributed by atoms with E-state index < -0.39 is 74.3 Å². The van der Waals surface area contributed by atoms with Crippen LogP contribution in [0.25, 0.3) is 0 Å². The Hall–Kier alpha value is -1.96. The monoisotopic (exact) mass is 546 g/mol. The van der Waals surface area contributed by atoms with Crippen molar-refractivity contribution in [1.82, 2.24) is 0 Å². The minimum atomic E-state index is -1.43. The molecule has 0 bridgehead atoms. The lowest BCUT2D eigenvalue weighted by Gasteiger charge is -2.40. The standard InChI is InChI=1S/C29H38O10/c1-12-7-14(3-5-16(12)28-26(36)24(34)22(32)20(10-30)38-28)18-9-19(18)15-4-6-17(13(2)8-15)29-27(37)25(35)23(33)21(11-31)39-29/h3-8,18-37H,9-11H2,1-2H3/t18?,19?,20-,21-,22-,23-,24+,25+,26+,27+,28-,29-/m1/s1. The summed E-state index contributed by atoms with van der Waals surface area (Å²) in [6, 6.07) is 11.8. The SMILES string of the molecule is Cc1cc(C2CC2c2ccc([C@H]3O[C@H](CO)[C@@H](O)[C@H](O)[C@@H]3O)c(C)c2)ccc1[C@H]1O[C@H](CO)[C@@H](O)[C@H](O)[C@@H]1O. The fraction of sp³-hybridized carbons (Fsp3) is 0.586. The van der Waals surface area contributed by atoms with Crippen molar-refractivity contribution in [1.29, 1.82) is 0 Å². The molecule has 12 atom stereocenters. The van der Waals surface area contributed by atoms with Crippen LogP contribution in [0.3, 0.4) is 0 Å². The summed E-state index contributed by atoms with van der Waals surface area (Å²) in [6.07, 6.45) is -11.0. The molecule has 3 aliphatic rings. The van der Waals surface area contributed by atoms with Gasteiger partial charge in [0.25, 0.3) is 0 Å². The van der Waals surface area contributed by atoms with E-state index in [4.69, 9.17) is 9.47 Å². The first kappa shape index (κ1) is 28.6. The maximum absolute atomic E-state index is 10.5. The molecule has 2 aromatic carbocycles. The molecule has 0 amide bonds. The Morgan fingerprint density at radius 3 is 1.31 bits per heavy atom. The Kier molecular flexibility index (Phi) is 8.16. The molecule has 39 heavy (non-hydrogen) atoms. The molecule has 0 aromatic heterocycles. The van der Waals surface area contributed by atoms with Gasteiger partial charge >= 0.3 is 0 Å². The van der Waals surface area contributed by atoms with Gasteiger partial charge in [0.15, 0.2) is 0 Å². The summed E-state index contributed by atoms with van der Waals surface area (Å²) in [5, 5.41) is 80.5. The molecule has 10 nitrogen and oxygen atoms in total. The van der Waals surface area contributed by atoms with Crippen LogP contribution in [0.4, 0.5) is 0 Å². The largest absolute Gasteiger partial charge is 0.394 e. The lowest BCUT2D eigenvalue weighted by Crippen LogP contribution is -2.55. The predicted octanol–water partition coefficient (Wildman–Crippen LogP) is -0.396. The van der Waals surface area contributed by atoms with E-state index in [9.17, 15) is 40.9 Å². The highest BCUT2D eigenvalue weighted by molar-refractivity contribution is 5.44. The van der Waals surface area contributed by atoms with E-state index in [0.29, 0.717) is 11.1 Å². The quantitative estimate of drug-likeness (QED) is 0.238. The first-order valence-electron chi connectivity index (χ1n) is 13.4. The maximum Gasteiger partial charge on any atom is 0.113 e. The van der Waals surface area contributed by atoms with Crippen LogP contribution in [-0.4, -0.2) is 103 Å². The molecule has 2 aliphatic heterocycles. The summed E-state index contributed by atoms with van der Waals surface area (Å²) in [5.74, 6) is 0.565. The molecule has 0 spiro atoms. The molecule has 1 aliphatic carbocycles. The van der Waals surface area contributed by atoms with E-state index in [2.05, 4.69) is 0 Å². The molecular weight excluding hydrogens is 508 g/mol. The summed E-state index contributed by atoms with van der Waals surface area (Å²) in [6.45, 7) is 2.85. The summed E-state index contributed by atoms with van der Waals surface area (Å²) in [4.78, 5) is 0. The van der Waals surface area contributed by atoms with Crippen LogP contribution in [0, 0.1) is 13.8 Å². The first-order chi connectivity index (χ1) is 18.6. The number of aliphatic hydroxyl groups is 8. The highest BCUT2D eigenvalue weighted by atomic mass is 16.6. The highest BCUT2D eigenvalue weighted by Gasteiger charge is 2.46. The molecule has 5 rings (SSSR count). The van der Waals surface area contributed by atoms with Gasteiger partial charge in [-0.2, -0.15) is 0 Å². The number of aryl methyl sites for hydroxylation is 2. The summed E-state index contributed by atoms with van der Waals surface area (Å²) >= 11 is 0. The number of aliphatic hydroxyl groups excluding tert-OH is 8. The van der Waals surface area contributed by atoms with Gasteiger partial charge in [0.05, 0.1) is 13.2 Å². The van der Waals surface area contributed by atoms with E-state index in [1.807, 2.05) is 50.2 Å². The van der Waals surface area contributed by atoms with Gasteiger partial charge < -0.3 is 50.3 Å². The molecule has 1 saturated carbocycles. The van der Waals surface area contributed by atoms with Gasteiger partial charge in [0.2, 0.25) is 0 Å². The van der Waals surface area contributed by atoms with Gasteiger partial charge in [-0.3, -0.25) is 0 Å². The van der Waals surface area contributed by atoms with E-state index in [-0.39, 0.29) is 11.8 Å². The van der Waals surface area contributed by atoms with Crippen LogP contribution >= 0.6 is 0 Å². The minimum Gasteiger partial charge on any atom is -0.394 e. The molecule has 2 aromatic rings. The third-order valence-corrected chi connectivity index (χ3v) is 8.63. The number of rotatable bonds is 6. The van der Waals surface area contributed by atoms with Gasteiger partial charge in [-0.15, -0.1) is 0 Å².